The van der Waals surface area contributed by atoms with Gasteiger partial charge in [-0.05, 0) is 70.7 Å². The molecule has 2 aromatic rings. The Balaban J connectivity index is 1.63. The standard InChI is InChI=1S/C27H38N4O5S2/c1-6-21-17-31(38(34,35)25-11-9-8-10-23(25)36-21)15-19-14-24(37-18(19)3)22(27(4,5)26(32)33)13-12-20-16-30(7-2)29-28-20/h8-11,14,16,21-22,28-29H,6-7,12-13,15,17H2,1-5H3,(H,32,33)/t21-,22+/m1/s1. The first-order valence-electron chi connectivity index (χ1n) is 13.0. The molecule has 1 aromatic heterocycles. The second-order valence-corrected chi connectivity index (χ2v) is 13.6. The maximum Gasteiger partial charge on any atom is 0.309 e. The number of aliphatic carboxylic acids is 1. The fourth-order valence-electron chi connectivity index (χ4n) is 4.87. The van der Waals surface area contributed by atoms with Crippen molar-refractivity contribution in [3.8, 4) is 5.75 Å². The van der Waals surface area contributed by atoms with Crippen LogP contribution in [0.2, 0.25) is 0 Å². The molecule has 3 N–H and O–H groups in total. The third-order valence-corrected chi connectivity index (χ3v) is 10.5. The summed E-state index contributed by atoms with van der Waals surface area (Å²) >= 11 is 1.56. The highest BCUT2D eigenvalue weighted by atomic mass is 32.2. The number of rotatable bonds is 10. The van der Waals surface area contributed by atoms with Gasteiger partial charge in [-0.2, -0.15) is 4.31 Å². The number of carbonyl (C=O) groups is 1. The minimum atomic E-state index is -3.77. The second-order valence-electron chi connectivity index (χ2n) is 10.4. The van der Waals surface area contributed by atoms with Crippen molar-refractivity contribution in [1.82, 2.24) is 20.3 Å². The molecule has 2 atom stereocenters. The number of carboxylic acids is 1. The molecule has 9 nitrogen and oxygen atoms in total. The van der Waals surface area contributed by atoms with Gasteiger partial charge in [-0.25, -0.2) is 8.42 Å². The van der Waals surface area contributed by atoms with Crippen LogP contribution < -0.4 is 15.7 Å². The Labute approximate surface area is 229 Å². The number of nitrogens with one attached hydrogen (secondary N) is 2. The average Bonchev–Trinajstić information content (AvgIpc) is 3.46. The number of hydrogen-bond acceptors (Lipinski definition) is 8. The Morgan fingerprint density at radius 2 is 2.03 bits per heavy atom. The van der Waals surface area contributed by atoms with E-state index >= 15 is 0 Å². The molecule has 38 heavy (non-hydrogen) atoms. The molecule has 0 saturated heterocycles. The summed E-state index contributed by atoms with van der Waals surface area (Å²) in [5.74, 6) is -0.714. The van der Waals surface area contributed by atoms with Crippen molar-refractivity contribution in [2.45, 2.75) is 77.3 Å². The van der Waals surface area contributed by atoms with E-state index in [2.05, 4.69) is 11.0 Å². The third-order valence-electron chi connectivity index (χ3n) is 7.49. The van der Waals surface area contributed by atoms with Crippen LogP contribution in [-0.4, -0.2) is 48.0 Å². The van der Waals surface area contributed by atoms with Gasteiger partial charge in [-0.15, -0.1) is 16.9 Å². The largest absolute Gasteiger partial charge is 0.488 e. The first-order chi connectivity index (χ1) is 18.0. The highest BCUT2D eigenvalue weighted by molar-refractivity contribution is 7.89. The van der Waals surface area contributed by atoms with Gasteiger partial charge in [0.2, 0.25) is 10.0 Å². The van der Waals surface area contributed by atoms with E-state index < -0.39 is 21.4 Å². The molecule has 0 spiro atoms. The molecule has 2 aliphatic rings. The third kappa shape index (κ3) is 5.70. The summed E-state index contributed by atoms with van der Waals surface area (Å²) in [5.41, 5.74) is 7.13. The van der Waals surface area contributed by atoms with Gasteiger partial charge >= 0.3 is 5.97 Å². The summed E-state index contributed by atoms with van der Waals surface area (Å²) in [6.07, 6.45) is 3.75. The number of aryl methyl sites for hydroxylation is 1. The first kappa shape index (κ1) is 28.4. The van der Waals surface area contributed by atoms with E-state index in [1.54, 1.807) is 49.4 Å². The van der Waals surface area contributed by atoms with E-state index in [0.29, 0.717) is 25.0 Å². The van der Waals surface area contributed by atoms with E-state index in [4.69, 9.17) is 4.74 Å². The van der Waals surface area contributed by atoms with Gasteiger partial charge in [0, 0.05) is 40.7 Å². The van der Waals surface area contributed by atoms with E-state index in [1.165, 1.54) is 4.31 Å². The smallest absolute Gasteiger partial charge is 0.309 e. The summed E-state index contributed by atoms with van der Waals surface area (Å²) in [6, 6.07) is 8.79. The summed E-state index contributed by atoms with van der Waals surface area (Å²) < 4.78 is 34.8. The summed E-state index contributed by atoms with van der Waals surface area (Å²) in [7, 11) is -3.77. The highest BCUT2D eigenvalue weighted by Gasteiger charge is 2.40. The number of ether oxygens (including phenoxy) is 1. The lowest BCUT2D eigenvalue weighted by Gasteiger charge is -2.30. The molecular weight excluding hydrogens is 524 g/mol. The zero-order valence-corrected chi connectivity index (χ0v) is 24.3. The fraction of sp³-hybridized carbons (Fsp3) is 0.519. The predicted molar refractivity (Wildman–Crippen MR) is 148 cm³/mol. The van der Waals surface area contributed by atoms with E-state index in [0.717, 1.165) is 27.6 Å². The molecule has 1 aromatic carbocycles. The number of para-hydroxylation sites is 1. The molecular formula is C27H38N4O5S2. The van der Waals surface area contributed by atoms with Crippen LogP contribution in [0.25, 0.3) is 0 Å². The Bertz CT molecular complexity index is 1300. The minimum Gasteiger partial charge on any atom is -0.488 e. The quantitative estimate of drug-likeness (QED) is 0.386. The zero-order valence-electron chi connectivity index (χ0n) is 22.7. The lowest BCUT2D eigenvalue weighted by atomic mass is 9.75. The van der Waals surface area contributed by atoms with Crippen molar-refractivity contribution in [3.05, 3.63) is 57.5 Å². The average molecular weight is 563 g/mol. The normalized spacial score (nSPS) is 20.2. The first-order valence-corrected chi connectivity index (χ1v) is 15.3. The Morgan fingerprint density at radius 1 is 1.29 bits per heavy atom. The molecule has 4 rings (SSSR count). The zero-order chi connectivity index (χ0) is 27.7. The molecule has 0 radical (unpaired) electrons. The number of hydrazine groups is 2. The molecule has 208 valence electrons. The van der Waals surface area contributed by atoms with E-state index in [9.17, 15) is 18.3 Å². The van der Waals surface area contributed by atoms with Gasteiger partial charge < -0.3 is 15.3 Å². The van der Waals surface area contributed by atoms with Crippen molar-refractivity contribution < 1.29 is 23.1 Å². The van der Waals surface area contributed by atoms with Crippen LogP contribution in [0.15, 0.2) is 47.1 Å². The number of benzene rings is 1. The summed E-state index contributed by atoms with van der Waals surface area (Å²) in [5, 5.41) is 12.0. The molecule has 0 amide bonds. The molecule has 0 unspecified atom stereocenters. The number of allylic oxidation sites excluding steroid dienone is 1. The molecule has 0 saturated carbocycles. The molecule has 3 heterocycles. The van der Waals surface area contributed by atoms with Crippen molar-refractivity contribution in [2.75, 3.05) is 13.1 Å². The molecule has 2 aliphatic heterocycles. The summed E-state index contributed by atoms with van der Waals surface area (Å²) in [6.45, 7) is 10.8. The number of carboxylic acid groups (broad SMARTS) is 1. The predicted octanol–water partition coefficient (Wildman–Crippen LogP) is 4.58. The van der Waals surface area contributed by atoms with Crippen LogP contribution in [0.3, 0.4) is 0 Å². The van der Waals surface area contributed by atoms with Crippen LogP contribution in [0, 0.1) is 12.3 Å². The minimum absolute atomic E-state index is 0.181. The monoisotopic (exact) mass is 562 g/mol. The SMILES string of the molecule is CC[C@@H]1CN(Cc2cc([C@H](CCC3=CN(CC)NN3)C(C)(C)C(=O)O)sc2C)S(=O)(=O)c2ccccc2O1. The molecule has 11 heteroatoms. The van der Waals surface area contributed by atoms with Gasteiger partial charge in [0.15, 0.2) is 0 Å². The van der Waals surface area contributed by atoms with Gasteiger partial charge in [-0.3, -0.25) is 9.80 Å². The van der Waals surface area contributed by atoms with Crippen LogP contribution in [0.5, 0.6) is 5.75 Å². The van der Waals surface area contributed by atoms with Crippen molar-refractivity contribution in [3.63, 3.8) is 0 Å². The molecule has 0 bridgehead atoms. The van der Waals surface area contributed by atoms with Gasteiger partial charge in [-0.1, -0.05) is 19.1 Å². The number of sulfonamides is 1. The van der Waals surface area contributed by atoms with Crippen LogP contribution >= 0.6 is 11.3 Å². The van der Waals surface area contributed by atoms with Crippen molar-refractivity contribution >= 4 is 27.3 Å². The van der Waals surface area contributed by atoms with E-state index in [-0.39, 0.29) is 30.0 Å². The van der Waals surface area contributed by atoms with Gasteiger partial charge in [0.05, 0.1) is 12.0 Å². The number of fused-ring (bicyclic) bond motifs is 1. The highest BCUT2D eigenvalue weighted by Crippen LogP contribution is 2.44. The lowest BCUT2D eigenvalue weighted by Crippen LogP contribution is -2.36. The van der Waals surface area contributed by atoms with Crippen LogP contribution in [0.4, 0.5) is 0 Å². The van der Waals surface area contributed by atoms with Crippen molar-refractivity contribution in [2.24, 2.45) is 5.41 Å². The molecule has 0 aliphatic carbocycles. The van der Waals surface area contributed by atoms with Crippen LogP contribution in [-0.2, 0) is 21.4 Å². The second kappa shape index (κ2) is 11.3. The number of nitrogens with zero attached hydrogens (tertiary/aromatic N) is 2. The fourth-order valence-corrected chi connectivity index (χ4v) is 7.80. The number of hydrogen-bond donors (Lipinski definition) is 3. The Hall–Kier alpha value is -2.60. The summed E-state index contributed by atoms with van der Waals surface area (Å²) in [4.78, 5) is 14.4. The topological polar surface area (TPSA) is 111 Å². The van der Waals surface area contributed by atoms with Gasteiger partial charge in [0.25, 0.3) is 0 Å². The maximum atomic E-state index is 13.6. The molecule has 0 fully saturated rings. The van der Waals surface area contributed by atoms with Crippen LogP contribution in [0.1, 0.15) is 68.2 Å². The van der Waals surface area contributed by atoms with Gasteiger partial charge in [0.1, 0.15) is 16.7 Å². The Morgan fingerprint density at radius 3 is 2.68 bits per heavy atom. The Kier molecular flexibility index (Phi) is 8.41. The lowest BCUT2D eigenvalue weighted by molar-refractivity contribution is -0.148. The van der Waals surface area contributed by atoms with E-state index in [1.807, 2.05) is 38.0 Å². The maximum absolute atomic E-state index is 13.6. The number of thiophene rings is 1. The van der Waals surface area contributed by atoms with Crippen molar-refractivity contribution in [1.29, 1.82) is 0 Å².